The number of unbranched alkanes of at least 4 members (excludes halogenated alkanes) is 4. The van der Waals surface area contributed by atoms with Crippen molar-refractivity contribution in [3.63, 3.8) is 0 Å². The Hall–Kier alpha value is -1.41. The van der Waals surface area contributed by atoms with Crippen molar-refractivity contribution in [1.29, 1.82) is 0 Å². The highest BCUT2D eigenvalue weighted by Crippen LogP contribution is 2.30. The predicted octanol–water partition coefficient (Wildman–Crippen LogP) is 7.67. The van der Waals surface area contributed by atoms with Gasteiger partial charge in [-0.2, -0.15) is 0 Å². The van der Waals surface area contributed by atoms with E-state index in [2.05, 4.69) is 51.1 Å². The largest absolute Gasteiger partial charge is 0.494 e. The number of rotatable bonds is 13. The number of hydrogen-bond donors (Lipinski definition) is 0. The summed E-state index contributed by atoms with van der Waals surface area (Å²) in [6.07, 6.45) is 9.18. The predicted molar refractivity (Wildman–Crippen MR) is 118 cm³/mol. The Labute approximate surface area is 170 Å². The highest BCUT2D eigenvalue weighted by atomic mass is 35.5. The number of aryl methyl sites for hydroxylation is 1. The number of halogens is 1. The highest BCUT2D eigenvalue weighted by molar-refractivity contribution is 6.20. The minimum Gasteiger partial charge on any atom is -0.494 e. The second kappa shape index (κ2) is 12.1. The Morgan fingerprint density at radius 1 is 0.889 bits per heavy atom. The van der Waals surface area contributed by atoms with Gasteiger partial charge in [-0.3, -0.25) is 0 Å². The Kier molecular flexibility index (Phi) is 9.83. The number of ether oxygens (including phenoxy) is 2. The van der Waals surface area contributed by atoms with Crippen molar-refractivity contribution < 1.29 is 9.47 Å². The standard InChI is InChI=1S/C24H35ClO2/c1-4-6-7-9-16-26-22-13-14-23-19(3)24(15-12-20(23)18-22)27-17-10-8-11-21(25)5-2/h12-15,18,21H,4-11,16-17H2,1-3H3. The Bertz CT molecular complexity index is 683. The summed E-state index contributed by atoms with van der Waals surface area (Å²) in [4.78, 5) is 0. The zero-order valence-electron chi connectivity index (χ0n) is 17.2. The summed E-state index contributed by atoms with van der Waals surface area (Å²) >= 11 is 6.17. The van der Waals surface area contributed by atoms with Crippen LogP contribution in [0.5, 0.6) is 11.5 Å². The lowest BCUT2D eigenvalue weighted by Gasteiger charge is -2.13. The molecule has 0 saturated heterocycles. The van der Waals surface area contributed by atoms with Crippen LogP contribution in [0.25, 0.3) is 10.8 Å². The van der Waals surface area contributed by atoms with E-state index in [0.29, 0.717) is 5.38 Å². The smallest absolute Gasteiger partial charge is 0.122 e. The van der Waals surface area contributed by atoms with Crippen LogP contribution in [0.4, 0.5) is 0 Å². The van der Waals surface area contributed by atoms with Crippen molar-refractivity contribution in [2.24, 2.45) is 0 Å². The summed E-state index contributed by atoms with van der Waals surface area (Å²) in [7, 11) is 0. The van der Waals surface area contributed by atoms with E-state index < -0.39 is 0 Å². The molecule has 0 radical (unpaired) electrons. The van der Waals surface area contributed by atoms with Gasteiger partial charge in [0.05, 0.1) is 13.2 Å². The lowest BCUT2D eigenvalue weighted by molar-refractivity contribution is 0.303. The SMILES string of the molecule is CCCCCCOc1ccc2c(C)c(OCCCCC(Cl)CC)ccc2c1. The Morgan fingerprint density at radius 2 is 1.67 bits per heavy atom. The molecule has 0 N–H and O–H groups in total. The average Bonchev–Trinajstić information content (AvgIpc) is 2.69. The molecule has 1 unspecified atom stereocenters. The molecule has 0 aliphatic heterocycles. The van der Waals surface area contributed by atoms with E-state index in [1.165, 1.54) is 35.6 Å². The van der Waals surface area contributed by atoms with Crippen molar-refractivity contribution >= 4 is 22.4 Å². The fourth-order valence-corrected chi connectivity index (χ4v) is 3.42. The zero-order valence-corrected chi connectivity index (χ0v) is 18.0. The maximum Gasteiger partial charge on any atom is 0.122 e. The molecule has 2 rings (SSSR count). The minimum atomic E-state index is 0.301. The van der Waals surface area contributed by atoms with Gasteiger partial charge in [0, 0.05) is 5.38 Å². The third kappa shape index (κ3) is 7.25. The first-order valence-electron chi connectivity index (χ1n) is 10.6. The van der Waals surface area contributed by atoms with Gasteiger partial charge in [0.2, 0.25) is 0 Å². The lowest BCUT2D eigenvalue weighted by atomic mass is 10.0. The quantitative estimate of drug-likeness (QED) is 0.258. The molecular formula is C24H35ClO2. The lowest BCUT2D eigenvalue weighted by Crippen LogP contribution is -2.02. The van der Waals surface area contributed by atoms with Gasteiger partial charge in [-0.1, -0.05) is 45.2 Å². The molecule has 0 fully saturated rings. The normalized spacial score (nSPS) is 12.3. The van der Waals surface area contributed by atoms with Crippen molar-refractivity contribution in [3.8, 4) is 11.5 Å². The van der Waals surface area contributed by atoms with Crippen LogP contribution in [0.2, 0.25) is 0 Å². The molecule has 0 spiro atoms. The highest BCUT2D eigenvalue weighted by Gasteiger charge is 2.07. The molecule has 0 heterocycles. The summed E-state index contributed by atoms with van der Waals surface area (Å²) in [5.74, 6) is 1.94. The summed E-state index contributed by atoms with van der Waals surface area (Å²) < 4.78 is 11.9. The van der Waals surface area contributed by atoms with E-state index in [9.17, 15) is 0 Å². The van der Waals surface area contributed by atoms with Crippen LogP contribution >= 0.6 is 11.6 Å². The molecule has 3 heteroatoms. The average molecular weight is 391 g/mol. The number of benzene rings is 2. The Balaban J connectivity index is 1.87. The summed E-state index contributed by atoms with van der Waals surface area (Å²) in [6.45, 7) is 8.04. The molecular weight excluding hydrogens is 356 g/mol. The molecule has 150 valence electrons. The minimum absolute atomic E-state index is 0.301. The second-order valence-electron chi connectivity index (χ2n) is 7.33. The van der Waals surface area contributed by atoms with E-state index >= 15 is 0 Å². The van der Waals surface area contributed by atoms with Crippen LogP contribution < -0.4 is 9.47 Å². The van der Waals surface area contributed by atoms with Gasteiger partial charge in [-0.25, -0.2) is 0 Å². The maximum atomic E-state index is 6.17. The molecule has 1 atom stereocenters. The van der Waals surface area contributed by atoms with Crippen molar-refractivity contribution in [3.05, 3.63) is 35.9 Å². The topological polar surface area (TPSA) is 18.5 Å². The zero-order chi connectivity index (χ0) is 19.5. The van der Waals surface area contributed by atoms with E-state index in [0.717, 1.165) is 56.8 Å². The van der Waals surface area contributed by atoms with Crippen LogP contribution in [0, 0.1) is 6.92 Å². The third-order valence-corrected chi connectivity index (χ3v) is 5.62. The number of hydrogen-bond acceptors (Lipinski definition) is 2. The molecule has 0 aliphatic rings. The van der Waals surface area contributed by atoms with E-state index in [1.54, 1.807) is 0 Å². The summed E-state index contributed by atoms with van der Waals surface area (Å²) in [6, 6.07) is 10.6. The van der Waals surface area contributed by atoms with Crippen LogP contribution in [0.3, 0.4) is 0 Å². The van der Waals surface area contributed by atoms with Gasteiger partial charge in [0.1, 0.15) is 11.5 Å². The van der Waals surface area contributed by atoms with Crippen LogP contribution in [0.15, 0.2) is 30.3 Å². The molecule has 2 aromatic rings. The van der Waals surface area contributed by atoms with Gasteiger partial charge in [0.25, 0.3) is 0 Å². The van der Waals surface area contributed by atoms with Crippen LogP contribution in [0.1, 0.15) is 70.8 Å². The summed E-state index contributed by atoms with van der Waals surface area (Å²) in [5, 5.41) is 2.74. The Morgan fingerprint density at radius 3 is 2.44 bits per heavy atom. The third-order valence-electron chi connectivity index (χ3n) is 5.09. The van der Waals surface area contributed by atoms with E-state index in [-0.39, 0.29) is 0 Å². The van der Waals surface area contributed by atoms with E-state index in [1.807, 2.05) is 0 Å². The van der Waals surface area contributed by atoms with Crippen molar-refractivity contribution in [2.45, 2.75) is 77.5 Å². The molecule has 0 aliphatic carbocycles. The number of fused-ring (bicyclic) bond motifs is 1. The molecule has 2 aromatic carbocycles. The monoisotopic (exact) mass is 390 g/mol. The van der Waals surface area contributed by atoms with Gasteiger partial charge >= 0.3 is 0 Å². The first-order chi connectivity index (χ1) is 13.2. The molecule has 0 aromatic heterocycles. The fraction of sp³-hybridized carbons (Fsp3) is 0.583. The van der Waals surface area contributed by atoms with Gasteiger partial charge in [0.15, 0.2) is 0 Å². The van der Waals surface area contributed by atoms with Crippen LogP contribution in [-0.4, -0.2) is 18.6 Å². The van der Waals surface area contributed by atoms with Crippen molar-refractivity contribution in [1.82, 2.24) is 0 Å². The summed E-state index contributed by atoms with van der Waals surface area (Å²) in [5.41, 5.74) is 1.20. The molecule has 2 nitrogen and oxygen atoms in total. The fourth-order valence-electron chi connectivity index (χ4n) is 3.26. The van der Waals surface area contributed by atoms with Crippen molar-refractivity contribution in [2.75, 3.05) is 13.2 Å². The molecule has 0 bridgehead atoms. The first-order valence-corrected chi connectivity index (χ1v) is 11.0. The molecule has 27 heavy (non-hydrogen) atoms. The van der Waals surface area contributed by atoms with Gasteiger partial charge in [-0.15, -0.1) is 11.6 Å². The maximum absolute atomic E-state index is 6.17. The molecule has 0 amide bonds. The first kappa shape index (κ1) is 21.9. The van der Waals surface area contributed by atoms with Gasteiger partial charge < -0.3 is 9.47 Å². The molecule has 0 saturated carbocycles. The number of alkyl halides is 1. The van der Waals surface area contributed by atoms with Crippen LogP contribution in [-0.2, 0) is 0 Å². The second-order valence-corrected chi connectivity index (χ2v) is 7.95. The van der Waals surface area contributed by atoms with E-state index in [4.69, 9.17) is 21.1 Å². The van der Waals surface area contributed by atoms with Gasteiger partial charge in [-0.05, 0) is 73.6 Å².